The van der Waals surface area contributed by atoms with E-state index in [0.717, 1.165) is 23.6 Å². The van der Waals surface area contributed by atoms with Crippen LogP contribution in [0.15, 0.2) is 47.4 Å². The fraction of sp³-hybridized carbons (Fsp3) is 0.300. The van der Waals surface area contributed by atoms with E-state index in [9.17, 15) is 26.4 Å². The van der Waals surface area contributed by atoms with E-state index < -0.39 is 33.8 Å². The van der Waals surface area contributed by atoms with Gasteiger partial charge in [0.1, 0.15) is 6.04 Å². The van der Waals surface area contributed by atoms with Crippen molar-refractivity contribution < 1.29 is 26.4 Å². The second-order valence-corrected chi connectivity index (χ2v) is 9.78. The number of carbonyl (C=O) groups is 1. The number of carbonyl (C=O) groups excluding carboxylic acids is 1. The summed E-state index contributed by atoms with van der Waals surface area (Å²) in [6.45, 7) is 1.45. The van der Waals surface area contributed by atoms with E-state index in [1.807, 2.05) is 0 Å². The van der Waals surface area contributed by atoms with Crippen LogP contribution in [0.5, 0.6) is 0 Å². The predicted octanol–water partition coefficient (Wildman–Crippen LogP) is 4.22. The van der Waals surface area contributed by atoms with Gasteiger partial charge in [0.25, 0.3) is 10.0 Å². The summed E-state index contributed by atoms with van der Waals surface area (Å²) in [6, 6.07) is 7.93. The minimum atomic E-state index is -4.61. The molecule has 1 amide bonds. The van der Waals surface area contributed by atoms with E-state index in [2.05, 4.69) is 25.3 Å². The molecule has 3 aromatic rings. The van der Waals surface area contributed by atoms with Crippen molar-refractivity contribution in [2.45, 2.75) is 42.8 Å². The molecule has 1 aromatic carbocycles. The molecule has 1 aliphatic rings. The minimum absolute atomic E-state index is 0.0282. The number of nitrogens with one attached hydrogen (secondary N) is 2. The first kappa shape index (κ1) is 24.0. The maximum atomic E-state index is 13.1. The van der Waals surface area contributed by atoms with Crippen LogP contribution in [0.1, 0.15) is 43.1 Å². The molecule has 0 aliphatic heterocycles. The summed E-state index contributed by atoms with van der Waals surface area (Å²) in [5.41, 5.74) is -0.410. The Morgan fingerprint density at radius 1 is 1.15 bits per heavy atom. The zero-order valence-electron chi connectivity index (χ0n) is 17.5. The fourth-order valence-corrected chi connectivity index (χ4v) is 4.28. The van der Waals surface area contributed by atoms with Gasteiger partial charge in [-0.15, -0.1) is 10.2 Å². The molecule has 180 valence electrons. The molecule has 0 saturated heterocycles. The van der Waals surface area contributed by atoms with Crippen molar-refractivity contribution >= 4 is 39.0 Å². The van der Waals surface area contributed by atoms with Crippen LogP contribution in [0.3, 0.4) is 0 Å². The Morgan fingerprint density at radius 2 is 1.82 bits per heavy atom. The summed E-state index contributed by atoms with van der Waals surface area (Å²) in [4.78, 5) is 12.6. The van der Waals surface area contributed by atoms with Gasteiger partial charge in [-0.1, -0.05) is 11.6 Å². The van der Waals surface area contributed by atoms with Gasteiger partial charge in [0, 0.05) is 17.3 Å². The third-order valence-electron chi connectivity index (χ3n) is 5.10. The van der Waals surface area contributed by atoms with Crippen molar-refractivity contribution in [2.24, 2.45) is 0 Å². The van der Waals surface area contributed by atoms with E-state index in [-0.39, 0.29) is 27.5 Å². The van der Waals surface area contributed by atoms with Crippen LogP contribution in [-0.2, 0) is 21.0 Å². The lowest BCUT2D eigenvalue weighted by molar-refractivity contribution is -0.141. The average molecular weight is 515 g/mol. The average Bonchev–Trinajstić information content (AvgIpc) is 3.51. The van der Waals surface area contributed by atoms with Crippen LogP contribution in [0.4, 0.5) is 24.7 Å². The monoisotopic (exact) mass is 514 g/mol. The van der Waals surface area contributed by atoms with Gasteiger partial charge in [-0.3, -0.25) is 14.2 Å². The predicted molar refractivity (Wildman–Crippen MR) is 117 cm³/mol. The van der Waals surface area contributed by atoms with Crippen LogP contribution in [0.25, 0.3) is 0 Å². The SMILES string of the molecule is CC(C(=O)Nc1ccc(S(=O)(=O)Nc2ccc(Cl)nn2)cc1)n1nc(C(F)(F)F)cc1C1CC1. The molecule has 2 N–H and O–H groups in total. The Balaban J connectivity index is 1.47. The number of aromatic nitrogens is 4. The van der Waals surface area contributed by atoms with Crippen LogP contribution in [0.2, 0.25) is 5.15 Å². The smallest absolute Gasteiger partial charge is 0.324 e. The number of anilines is 2. The van der Waals surface area contributed by atoms with Crippen molar-refractivity contribution in [3.63, 3.8) is 0 Å². The molecular formula is C20H18ClF3N6O3S. The van der Waals surface area contributed by atoms with Gasteiger partial charge in [0.15, 0.2) is 16.7 Å². The molecule has 0 radical (unpaired) electrons. The molecule has 2 heterocycles. The molecule has 34 heavy (non-hydrogen) atoms. The van der Waals surface area contributed by atoms with Crippen LogP contribution in [-0.4, -0.2) is 34.3 Å². The number of alkyl halides is 3. The summed E-state index contributed by atoms with van der Waals surface area (Å²) < 4.78 is 67.7. The van der Waals surface area contributed by atoms with E-state index in [1.165, 1.54) is 43.3 Å². The Morgan fingerprint density at radius 3 is 2.38 bits per heavy atom. The van der Waals surface area contributed by atoms with Crippen molar-refractivity contribution in [2.75, 3.05) is 10.0 Å². The van der Waals surface area contributed by atoms with Gasteiger partial charge in [0.2, 0.25) is 5.91 Å². The van der Waals surface area contributed by atoms with E-state index in [1.54, 1.807) is 0 Å². The third kappa shape index (κ3) is 5.30. The third-order valence-corrected chi connectivity index (χ3v) is 6.67. The highest BCUT2D eigenvalue weighted by Crippen LogP contribution is 2.43. The zero-order valence-corrected chi connectivity index (χ0v) is 19.1. The molecule has 4 rings (SSSR count). The maximum Gasteiger partial charge on any atom is 0.435 e. The Labute approximate surface area is 197 Å². The second kappa shape index (κ2) is 8.87. The summed E-state index contributed by atoms with van der Waals surface area (Å²) in [6.07, 6.45) is -3.14. The van der Waals surface area contributed by atoms with Gasteiger partial charge in [-0.2, -0.15) is 18.3 Å². The van der Waals surface area contributed by atoms with Gasteiger partial charge in [-0.25, -0.2) is 8.42 Å². The standard InChI is InChI=1S/C20H18ClF3N6O3S/c1-11(30-15(12-2-3-12)10-16(28-30)20(22,23)24)19(31)25-13-4-6-14(7-5-13)34(32,33)29-18-9-8-17(21)26-27-18/h4-12H,2-3H2,1H3,(H,25,31)(H,27,29). The molecule has 1 atom stereocenters. The van der Waals surface area contributed by atoms with Gasteiger partial charge >= 0.3 is 6.18 Å². The summed E-state index contributed by atoms with van der Waals surface area (Å²) in [5.74, 6) is -0.676. The summed E-state index contributed by atoms with van der Waals surface area (Å²) in [7, 11) is -3.98. The van der Waals surface area contributed by atoms with Crippen LogP contribution in [0, 0.1) is 0 Å². The molecular weight excluding hydrogens is 497 g/mol. The lowest BCUT2D eigenvalue weighted by atomic mass is 10.2. The molecule has 0 bridgehead atoms. The Bertz CT molecular complexity index is 1310. The highest BCUT2D eigenvalue weighted by atomic mass is 35.5. The highest BCUT2D eigenvalue weighted by molar-refractivity contribution is 7.92. The quantitative estimate of drug-likeness (QED) is 0.487. The summed E-state index contributed by atoms with van der Waals surface area (Å²) in [5, 5.41) is 13.5. The number of benzene rings is 1. The van der Waals surface area contributed by atoms with E-state index >= 15 is 0 Å². The van der Waals surface area contributed by atoms with Crippen molar-refractivity contribution in [3.05, 3.63) is 59.0 Å². The molecule has 1 saturated carbocycles. The van der Waals surface area contributed by atoms with Gasteiger partial charge < -0.3 is 5.32 Å². The number of hydrogen-bond acceptors (Lipinski definition) is 6. The number of halogens is 4. The molecule has 1 fully saturated rings. The molecule has 14 heteroatoms. The van der Waals surface area contributed by atoms with E-state index in [4.69, 9.17) is 11.6 Å². The van der Waals surface area contributed by atoms with Crippen molar-refractivity contribution in [1.82, 2.24) is 20.0 Å². The lowest BCUT2D eigenvalue weighted by Crippen LogP contribution is -2.26. The number of nitrogens with zero attached hydrogens (tertiary/aromatic N) is 4. The molecule has 9 nitrogen and oxygen atoms in total. The van der Waals surface area contributed by atoms with Gasteiger partial charge in [-0.05, 0) is 62.2 Å². The largest absolute Gasteiger partial charge is 0.435 e. The number of sulfonamides is 1. The first-order valence-electron chi connectivity index (χ1n) is 10.0. The first-order chi connectivity index (χ1) is 15.9. The molecule has 2 aromatic heterocycles. The lowest BCUT2D eigenvalue weighted by Gasteiger charge is -2.16. The number of rotatable bonds is 7. The minimum Gasteiger partial charge on any atom is -0.324 e. The van der Waals surface area contributed by atoms with Crippen LogP contribution >= 0.6 is 11.6 Å². The zero-order chi connectivity index (χ0) is 24.7. The number of amides is 1. The molecule has 1 unspecified atom stereocenters. The van der Waals surface area contributed by atoms with Crippen molar-refractivity contribution in [3.8, 4) is 0 Å². The fourth-order valence-electron chi connectivity index (χ4n) is 3.18. The van der Waals surface area contributed by atoms with Crippen LogP contribution < -0.4 is 10.0 Å². The second-order valence-electron chi connectivity index (χ2n) is 7.71. The normalized spacial score (nSPS) is 15.1. The molecule has 0 spiro atoms. The van der Waals surface area contributed by atoms with E-state index in [0.29, 0.717) is 5.69 Å². The Kier molecular flexibility index (Phi) is 6.25. The maximum absolute atomic E-state index is 13.1. The van der Waals surface area contributed by atoms with Crippen molar-refractivity contribution in [1.29, 1.82) is 0 Å². The topological polar surface area (TPSA) is 119 Å². The van der Waals surface area contributed by atoms with Gasteiger partial charge in [0.05, 0.1) is 4.90 Å². The summed E-state index contributed by atoms with van der Waals surface area (Å²) >= 11 is 5.63. The number of hydrogen-bond donors (Lipinski definition) is 2. The first-order valence-corrected chi connectivity index (χ1v) is 11.9. The molecule has 1 aliphatic carbocycles. The Hall–Kier alpha value is -3.19. The highest BCUT2D eigenvalue weighted by Gasteiger charge is 2.39.